The molecule has 2 aliphatic rings. The Bertz CT molecular complexity index is 217. The summed E-state index contributed by atoms with van der Waals surface area (Å²) in [6.45, 7) is 7.68. The molecule has 0 aliphatic carbocycles. The Hall–Kier alpha value is -0.720. The number of allylic oxidation sites excluding steroid dienone is 1. The van der Waals surface area contributed by atoms with E-state index in [-0.39, 0.29) is 0 Å². The molecule has 12 heavy (non-hydrogen) atoms. The zero-order valence-electron chi connectivity index (χ0n) is 7.79. The zero-order valence-corrected chi connectivity index (χ0v) is 7.79. The van der Waals surface area contributed by atoms with E-state index in [4.69, 9.17) is 0 Å². The molecule has 0 radical (unpaired) electrons. The average Bonchev–Trinajstić information content (AvgIpc) is 2.16. The molecule has 2 aliphatic heterocycles. The predicted octanol–water partition coefficient (Wildman–Crippen LogP) is 2.56. The van der Waals surface area contributed by atoms with E-state index in [1.165, 1.54) is 31.4 Å². The van der Waals surface area contributed by atoms with Gasteiger partial charge < -0.3 is 4.90 Å². The number of nitrogens with zero attached hydrogens (tertiary/aromatic N) is 1. The van der Waals surface area contributed by atoms with Crippen molar-refractivity contribution < 1.29 is 0 Å². The first-order valence-electron chi connectivity index (χ1n) is 4.92. The van der Waals surface area contributed by atoms with Crippen molar-refractivity contribution in [2.45, 2.75) is 32.2 Å². The molecule has 0 aromatic carbocycles. The van der Waals surface area contributed by atoms with Crippen LogP contribution in [0.3, 0.4) is 0 Å². The highest BCUT2D eigenvalue weighted by atomic mass is 15.1. The van der Waals surface area contributed by atoms with E-state index >= 15 is 0 Å². The lowest BCUT2D eigenvalue weighted by Crippen LogP contribution is -2.36. The van der Waals surface area contributed by atoms with Crippen LogP contribution in [0.15, 0.2) is 24.4 Å². The summed E-state index contributed by atoms with van der Waals surface area (Å²) in [5.41, 5.74) is 1.33. The average molecular weight is 163 g/mol. The van der Waals surface area contributed by atoms with Gasteiger partial charge in [-0.05, 0) is 37.6 Å². The summed E-state index contributed by atoms with van der Waals surface area (Å²) >= 11 is 0. The van der Waals surface area contributed by atoms with Crippen LogP contribution in [-0.4, -0.2) is 17.5 Å². The lowest BCUT2D eigenvalue weighted by Gasteiger charge is -2.35. The first-order chi connectivity index (χ1) is 5.79. The van der Waals surface area contributed by atoms with Crippen LogP contribution < -0.4 is 0 Å². The maximum atomic E-state index is 4.11. The van der Waals surface area contributed by atoms with Gasteiger partial charge in [0.15, 0.2) is 0 Å². The fraction of sp³-hybridized carbons (Fsp3) is 0.636. The van der Waals surface area contributed by atoms with E-state index < -0.39 is 0 Å². The molecular weight excluding hydrogens is 146 g/mol. The van der Waals surface area contributed by atoms with Crippen LogP contribution >= 0.6 is 0 Å². The van der Waals surface area contributed by atoms with Crippen molar-refractivity contribution in [3.05, 3.63) is 24.4 Å². The third kappa shape index (κ3) is 1.17. The molecule has 2 heterocycles. The van der Waals surface area contributed by atoms with E-state index in [2.05, 4.69) is 30.7 Å². The molecule has 1 heteroatoms. The lowest BCUT2D eigenvalue weighted by atomic mass is 9.87. The molecule has 1 nitrogen and oxygen atoms in total. The maximum absolute atomic E-state index is 4.11. The van der Waals surface area contributed by atoms with Gasteiger partial charge in [-0.25, -0.2) is 0 Å². The van der Waals surface area contributed by atoms with Crippen molar-refractivity contribution in [2.24, 2.45) is 5.92 Å². The van der Waals surface area contributed by atoms with Crippen LogP contribution in [0.4, 0.5) is 0 Å². The fourth-order valence-electron chi connectivity index (χ4n) is 2.36. The van der Waals surface area contributed by atoms with Crippen molar-refractivity contribution in [2.75, 3.05) is 6.54 Å². The van der Waals surface area contributed by atoms with Crippen molar-refractivity contribution in [3.8, 4) is 0 Å². The van der Waals surface area contributed by atoms with Crippen LogP contribution in [-0.2, 0) is 0 Å². The standard InChI is InChI=1S/C11H17N/c1-9-6-8-12-7-4-3-5-11(9)10(12)2/h6,8,10-11H,1,3-5,7H2,2H3. The SMILES string of the molecule is C=C1C=CN2CCCCC1C2C. The molecule has 2 rings (SSSR count). The highest BCUT2D eigenvalue weighted by Gasteiger charge is 2.28. The fourth-order valence-corrected chi connectivity index (χ4v) is 2.36. The van der Waals surface area contributed by atoms with Crippen molar-refractivity contribution in [1.82, 2.24) is 4.90 Å². The van der Waals surface area contributed by atoms with E-state index in [1.54, 1.807) is 0 Å². The Morgan fingerprint density at radius 2 is 2.33 bits per heavy atom. The Labute approximate surface area is 74.8 Å². The van der Waals surface area contributed by atoms with Gasteiger partial charge in [-0.2, -0.15) is 0 Å². The Balaban J connectivity index is 2.26. The molecule has 0 aromatic heterocycles. The minimum atomic E-state index is 0.685. The van der Waals surface area contributed by atoms with E-state index in [9.17, 15) is 0 Å². The maximum Gasteiger partial charge on any atom is 0.0324 e. The normalized spacial score (nSPS) is 35.1. The number of hydrogen-bond acceptors (Lipinski definition) is 1. The number of hydrogen-bond donors (Lipinski definition) is 0. The van der Waals surface area contributed by atoms with Gasteiger partial charge in [0.25, 0.3) is 0 Å². The number of fused-ring (bicyclic) bond motifs is 2. The van der Waals surface area contributed by atoms with E-state index in [0.29, 0.717) is 6.04 Å². The zero-order chi connectivity index (χ0) is 8.55. The largest absolute Gasteiger partial charge is 0.374 e. The summed E-state index contributed by atoms with van der Waals surface area (Å²) in [7, 11) is 0. The first-order valence-corrected chi connectivity index (χ1v) is 4.92. The van der Waals surface area contributed by atoms with E-state index in [0.717, 1.165) is 5.92 Å². The van der Waals surface area contributed by atoms with Crippen molar-refractivity contribution in [3.63, 3.8) is 0 Å². The van der Waals surface area contributed by atoms with Gasteiger partial charge in [0, 0.05) is 18.5 Å². The quantitative estimate of drug-likeness (QED) is 0.530. The highest BCUT2D eigenvalue weighted by Crippen LogP contribution is 2.32. The number of rotatable bonds is 0. The predicted molar refractivity (Wildman–Crippen MR) is 51.8 cm³/mol. The summed E-state index contributed by atoms with van der Waals surface area (Å²) < 4.78 is 0. The summed E-state index contributed by atoms with van der Waals surface area (Å²) in [6, 6.07) is 0.685. The summed E-state index contributed by atoms with van der Waals surface area (Å²) in [4.78, 5) is 2.46. The molecular formula is C11H17N. The summed E-state index contributed by atoms with van der Waals surface area (Å²) in [5.74, 6) is 0.720. The first kappa shape index (κ1) is 7.90. The molecule has 1 saturated heterocycles. The third-order valence-corrected chi connectivity index (χ3v) is 3.24. The third-order valence-electron chi connectivity index (χ3n) is 3.24. The molecule has 2 atom stereocenters. The molecule has 2 unspecified atom stereocenters. The van der Waals surface area contributed by atoms with Gasteiger partial charge in [-0.1, -0.05) is 13.0 Å². The molecule has 0 N–H and O–H groups in total. The molecule has 0 spiro atoms. The lowest BCUT2D eigenvalue weighted by molar-refractivity contribution is 0.247. The second-order valence-corrected chi connectivity index (χ2v) is 3.97. The minimum Gasteiger partial charge on any atom is -0.374 e. The molecule has 66 valence electrons. The Kier molecular flexibility index (Phi) is 1.95. The van der Waals surface area contributed by atoms with Gasteiger partial charge in [-0.3, -0.25) is 0 Å². The molecule has 0 saturated carbocycles. The second kappa shape index (κ2) is 2.96. The monoisotopic (exact) mass is 163 g/mol. The summed E-state index contributed by atoms with van der Waals surface area (Å²) in [5, 5.41) is 0. The van der Waals surface area contributed by atoms with Crippen LogP contribution in [0.25, 0.3) is 0 Å². The van der Waals surface area contributed by atoms with Gasteiger partial charge in [0.1, 0.15) is 0 Å². The van der Waals surface area contributed by atoms with Crippen LogP contribution in [0.1, 0.15) is 26.2 Å². The Morgan fingerprint density at radius 1 is 1.50 bits per heavy atom. The van der Waals surface area contributed by atoms with Crippen LogP contribution in [0, 0.1) is 5.92 Å². The summed E-state index contributed by atoms with van der Waals surface area (Å²) in [6.07, 6.45) is 8.45. The van der Waals surface area contributed by atoms with Crippen LogP contribution in [0.2, 0.25) is 0 Å². The van der Waals surface area contributed by atoms with Gasteiger partial charge in [0.05, 0.1) is 0 Å². The minimum absolute atomic E-state index is 0.685. The van der Waals surface area contributed by atoms with Crippen molar-refractivity contribution >= 4 is 0 Å². The molecule has 2 bridgehead atoms. The smallest absolute Gasteiger partial charge is 0.0324 e. The van der Waals surface area contributed by atoms with Crippen molar-refractivity contribution in [1.29, 1.82) is 0 Å². The molecule has 0 aromatic rings. The van der Waals surface area contributed by atoms with Gasteiger partial charge in [-0.15, -0.1) is 0 Å². The van der Waals surface area contributed by atoms with E-state index in [1.807, 2.05) is 0 Å². The van der Waals surface area contributed by atoms with Gasteiger partial charge >= 0.3 is 0 Å². The molecule has 1 fully saturated rings. The Morgan fingerprint density at radius 3 is 3.17 bits per heavy atom. The molecule has 0 amide bonds. The topological polar surface area (TPSA) is 3.24 Å². The van der Waals surface area contributed by atoms with Crippen LogP contribution in [0.5, 0.6) is 0 Å². The highest BCUT2D eigenvalue weighted by molar-refractivity contribution is 5.23. The van der Waals surface area contributed by atoms with Gasteiger partial charge in [0.2, 0.25) is 0 Å². The second-order valence-electron chi connectivity index (χ2n) is 3.97.